The number of piperazine rings is 1. The number of hydrogen-bond donors (Lipinski definition) is 0. The van der Waals surface area contributed by atoms with E-state index in [2.05, 4.69) is 42.8 Å². The van der Waals surface area contributed by atoms with Crippen molar-refractivity contribution < 1.29 is 4.79 Å². The van der Waals surface area contributed by atoms with Gasteiger partial charge in [0.15, 0.2) is 0 Å². The zero-order chi connectivity index (χ0) is 17.5. The van der Waals surface area contributed by atoms with Gasteiger partial charge in [-0.15, -0.1) is 11.8 Å². The number of hydrogen-bond acceptors (Lipinski definition) is 4. The molecule has 1 aromatic rings. The third-order valence-corrected chi connectivity index (χ3v) is 5.40. The van der Waals surface area contributed by atoms with Gasteiger partial charge in [-0.2, -0.15) is 0 Å². The van der Waals surface area contributed by atoms with Crippen LogP contribution in [-0.2, 0) is 0 Å². The molecule has 0 aromatic heterocycles. The van der Waals surface area contributed by atoms with E-state index < -0.39 is 0 Å². The molecular weight excluding hydrogens is 318 g/mol. The summed E-state index contributed by atoms with van der Waals surface area (Å²) in [6.45, 7) is 10.8. The van der Waals surface area contributed by atoms with Crippen molar-refractivity contribution in [1.82, 2.24) is 14.7 Å². The molecule has 1 amide bonds. The Hall–Kier alpha value is -1.04. The van der Waals surface area contributed by atoms with Crippen LogP contribution in [0.25, 0.3) is 0 Å². The first-order valence-corrected chi connectivity index (χ1v) is 9.77. The third kappa shape index (κ3) is 6.11. The van der Waals surface area contributed by atoms with Crippen molar-refractivity contribution in [3.8, 4) is 0 Å². The van der Waals surface area contributed by atoms with Gasteiger partial charge >= 0.3 is 0 Å². The van der Waals surface area contributed by atoms with Crippen LogP contribution < -0.4 is 0 Å². The highest BCUT2D eigenvalue weighted by Crippen LogP contribution is 2.23. The Morgan fingerprint density at radius 3 is 2.38 bits per heavy atom. The molecule has 0 radical (unpaired) electrons. The summed E-state index contributed by atoms with van der Waals surface area (Å²) < 4.78 is 0. The van der Waals surface area contributed by atoms with Gasteiger partial charge in [0.05, 0.1) is 0 Å². The van der Waals surface area contributed by atoms with E-state index in [-0.39, 0.29) is 5.91 Å². The predicted molar refractivity (Wildman–Crippen MR) is 103 cm³/mol. The van der Waals surface area contributed by atoms with Crippen molar-refractivity contribution in [3.05, 3.63) is 29.8 Å². The molecule has 0 bridgehead atoms. The monoisotopic (exact) mass is 349 g/mol. The fraction of sp³-hybridized carbons (Fsp3) is 0.632. The Morgan fingerprint density at radius 1 is 1.17 bits per heavy atom. The number of likely N-dealkylation sites (N-methyl/N-ethyl adjacent to an activating group) is 1. The smallest absolute Gasteiger partial charge is 0.253 e. The minimum atomic E-state index is 0.120. The van der Waals surface area contributed by atoms with Gasteiger partial charge in [0.1, 0.15) is 0 Å². The summed E-state index contributed by atoms with van der Waals surface area (Å²) in [4.78, 5) is 20.4. The standard InChI is InChI=1S/C19H31N3OS/c1-16(2)24-18-8-6-17(7-9-18)19(23)21(4)10-5-11-22-14-12-20(3)13-15-22/h6-9,16H,5,10-15H2,1-4H3. The van der Waals surface area contributed by atoms with E-state index in [1.165, 1.54) is 4.90 Å². The average Bonchev–Trinajstić information content (AvgIpc) is 2.56. The van der Waals surface area contributed by atoms with E-state index in [4.69, 9.17) is 0 Å². The SMILES string of the molecule is CC(C)Sc1ccc(C(=O)N(C)CCCN2CCN(C)CC2)cc1. The Balaban J connectivity index is 1.75. The van der Waals surface area contributed by atoms with Crippen molar-refractivity contribution in [1.29, 1.82) is 0 Å². The van der Waals surface area contributed by atoms with Gasteiger partial charge in [-0.05, 0) is 44.3 Å². The van der Waals surface area contributed by atoms with E-state index in [9.17, 15) is 4.79 Å². The van der Waals surface area contributed by atoms with Crippen LogP contribution in [0.15, 0.2) is 29.2 Å². The first-order chi connectivity index (χ1) is 11.5. The lowest BCUT2D eigenvalue weighted by molar-refractivity contribution is 0.0783. The molecule has 1 aliphatic rings. The maximum Gasteiger partial charge on any atom is 0.253 e. The molecule has 0 atom stereocenters. The number of carbonyl (C=O) groups excluding carboxylic acids is 1. The molecule has 0 aliphatic carbocycles. The normalized spacial score (nSPS) is 16.5. The van der Waals surface area contributed by atoms with Crippen molar-refractivity contribution in [2.75, 3.05) is 53.4 Å². The Labute approximate surface area is 151 Å². The number of benzene rings is 1. The molecule has 1 aliphatic heterocycles. The number of carbonyl (C=O) groups is 1. The van der Waals surface area contributed by atoms with E-state index in [0.29, 0.717) is 5.25 Å². The molecule has 0 N–H and O–H groups in total. The van der Waals surface area contributed by atoms with Crippen molar-refractivity contribution in [2.24, 2.45) is 0 Å². The van der Waals surface area contributed by atoms with Crippen molar-refractivity contribution in [3.63, 3.8) is 0 Å². The zero-order valence-corrected chi connectivity index (χ0v) is 16.3. The summed E-state index contributed by atoms with van der Waals surface area (Å²) in [5.74, 6) is 0.120. The van der Waals surface area contributed by atoms with Crippen LogP contribution in [0, 0.1) is 0 Å². The minimum Gasteiger partial charge on any atom is -0.342 e. The van der Waals surface area contributed by atoms with Gasteiger partial charge < -0.3 is 14.7 Å². The van der Waals surface area contributed by atoms with Crippen LogP contribution >= 0.6 is 11.8 Å². The fourth-order valence-corrected chi connectivity index (χ4v) is 3.71. The van der Waals surface area contributed by atoms with Crippen LogP contribution in [0.4, 0.5) is 0 Å². The zero-order valence-electron chi connectivity index (χ0n) is 15.5. The molecule has 1 saturated heterocycles. The Kier molecular flexibility index (Phi) is 7.59. The van der Waals surface area contributed by atoms with Gasteiger partial charge in [0.25, 0.3) is 5.91 Å². The molecule has 2 rings (SSSR count). The maximum absolute atomic E-state index is 12.5. The molecule has 24 heavy (non-hydrogen) atoms. The van der Waals surface area contributed by atoms with Gasteiger partial charge in [-0.25, -0.2) is 0 Å². The van der Waals surface area contributed by atoms with Gasteiger partial charge in [-0.3, -0.25) is 4.79 Å². The second-order valence-electron chi connectivity index (χ2n) is 6.92. The fourth-order valence-electron chi connectivity index (χ4n) is 2.87. The van der Waals surface area contributed by atoms with Crippen LogP contribution in [0.3, 0.4) is 0 Å². The topological polar surface area (TPSA) is 26.8 Å². The van der Waals surface area contributed by atoms with Gasteiger partial charge in [-0.1, -0.05) is 13.8 Å². The number of nitrogens with zero attached hydrogens (tertiary/aromatic N) is 3. The molecule has 0 spiro atoms. The largest absolute Gasteiger partial charge is 0.342 e. The third-order valence-electron chi connectivity index (χ3n) is 4.38. The quantitative estimate of drug-likeness (QED) is 0.707. The molecule has 1 fully saturated rings. The number of amides is 1. The van der Waals surface area contributed by atoms with Crippen molar-refractivity contribution in [2.45, 2.75) is 30.4 Å². The van der Waals surface area contributed by atoms with Crippen molar-refractivity contribution >= 4 is 17.7 Å². The summed E-state index contributed by atoms with van der Waals surface area (Å²) in [5, 5.41) is 0.559. The van der Waals surface area contributed by atoms with E-state index >= 15 is 0 Å². The van der Waals surface area contributed by atoms with Crippen LogP contribution in [0.1, 0.15) is 30.6 Å². The molecule has 0 unspecified atom stereocenters. The molecule has 4 nitrogen and oxygen atoms in total. The van der Waals surface area contributed by atoms with E-state index in [0.717, 1.165) is 51.3 Å². The summed E-state index contributed by atoms with van der Waals surface area (Å²) in [7, 11) is 4.08. The molecule has 5 heteroatoms. The minimum absolute atomic E-state index is 0.120. The first-order valence-electron chi connectivity index (χ1n) is 8.89. The lowest BCUT2D eigenvalue weighted by atomic mass is 10.2. The highest BCUT2D eigenvalue weighted by molar-refractivity contribution is 7.99. The summed E-state index contributed by atoms with van der Waals surface area (Å²) >= 11 is 1.82. The molecule has 134 valence electrons. The van der Waals surface area contributed by atoms with Crippen LogP contribution in [0.5, 0.6) is 0 Å². The lowest BCUT2D eigenvalue weighted by Gasteiger charge is -2.32. The lowest BCUT2D eigenvalue weighted by Crippen LogP contribution is -2.45. The first kappa shape index (κ1) is 19.3. The Morgan fingerprint density at radius 2 is 1.79 bits per heavy atom. The highest BCUT2D eigenvalue weighted by atomic mass is 32.2. The summed E-state index contributed by atoms with van der Waals surface area (Å²) in [6.07, 6.45) is 1.03. The van der Waals surface area contributed by atoms with E-state index in [1.54, 1.807) is 0 Å². The molecule has 0 saturated carbocycles. The van der Waals surface area contributed by atoms with Crippen LogP contribution in [0.2, 0.25) is 0 Å². The maximum atomic E-state index is 12.5. The highest BCUT2D eigenvalue weighted by Gasteiger charge is 2.15. The summed E-state index contributed by atoms with van der Waals surface area (Å²) in [5.41, 5.74) is 0.783. The predicted octanol–water partition coefficient (Wildman–Crippen LogP) is 2.90. The molecular formula is C19H31N3OS. The van der Waals surface area contributed by atoms with Gasteiger partial charge in [0, 0.05) is 55.5 Å². The Bertz CT molecular complexity index is 510. The molecule has 1 heterocycles. The second-order valence-corrected chi connectivity index (χ2v) is 8.57. The number of rotatable bonds is 7. The average molecular weight is 350 g/mol. The summed E-state index contributed by atoms with van der Waals surface area (Å²) in [6, 6.07) is 8.00. The van der Waals surface area contributed by atoms with Gasteiger partial charge in [0.2, 0.25) is 0 Å². The number of thioether (sulfide) groups is 1. The molecule has 1 aromatic carbocycles. The van der Waals surface area contributed by atoms with Crippen LogP contribution in [-0.4, -0.2) is 79.2 Å². The van der Waals surface area contributed by atoms with E-state index in [1.807, 2.05) is 35.8 Å². The second kappa shape index (κ2) is 9.44.